The van der Waals surface area contributed by atoms with E-state index < -0.39 is 17.5 Å². The molecule has 0 aliphatic heterocycles. The van der Waals surface area contributed by atoms with Gasteiger partial charge in [-0.3, -0.25) is 0 Å². The first-order valence-electron chi connectivity index (χ1n) is 6.92. The number of alkyl carbamates (subject to hydrolysis) is 1. The summed E-state index contributed by atoms with van der Waals surface area (Å²) in [6.45, 7) is 6.39. The molecule has 0 saturated carbocycles. The molecule has 1 amide bonds. The third kappa shape index (κ3) is 7.39. The molecule has 0 fully saturated rings. The number of anilines is 1. The van der Waals surface area contributed by atoms with Crippen LogP contribution in [0.4, 0.5) is 14.9 Å². The molecular formula is C15H23FN2O3. The summed E-state index contributed by atoms with van der Waals surface area (Å²) in [5.74, 6) is -0.0408. The molecule has 118 valence electrons. The molecule has 0 bridgehead atoms. The van der Waals surface area contributed by atoms with Crippen molar-refractivity contribution >= 4 is 11.8 Å². The van der Waals surface area contributed by atoms with E-state index in [2.05, 4.69) is 5.32 Å². The summed E-state index contributed by atoms with van der Waals surface area (Å²) >= 11 is 0. The highest BCUT2D eigenvalue weighted by Gasteiger charge is 2.15. The minimum atomic E-state index is -0.494. The molecule has 0 atom stereocenters. The number of hydrogen-bond donors (Lipinski definition) is 2. The number of carbonyl (C=O) groups excluding carboxylic acids is 1. The second-order valence-corrected chi connectivity index (χ2v) is 5.67. The zero-order valence-corrected chi connectivity index (χ0v) is 12.7. The van der Waals surface area contributed by atoms with Crippen molar-refractivity contribution in [2.45, 2.75) is 39.2 Å². The van der Waals surface area contributed by atoms with Crippen molar-refractivity contribution in [2.24, 2.45) is 0 Å². The number of benzene rings is 1. The zero-order chi connectivity index (χ0) is 15.9. The fourth-order valence-corrected chi connectivity index (χ4v) is 1.52. The SMILES string of the molecule is CC(C)(C)OC(=O)NCCCCOc1ccc(N)c(F)c1. The molecule has 3 N–H and O–H groups in total. The van der Waals surface area contributed by atoms with E-state index in [9.17, 15) is 9.18 Å². The molecule has 0 spiro atoms. The molecule has 0 radical (unpaired) electrons. The Balaban J connectivity index is 2.12. The van der Waals surface area contributed by atoms with Gasteiger partial charge in [0.2, 0.25) is 0 Å². The maximum absolute atomic E-state index is 13.2. The quantitative estimate of drug-likeness (QED) is 0.625. The largest absolute Gasteiger partial charge is 0.493 e. The molecule has 21 heavy (non-hydrogen) atoms. The maximum atomic E-state index is 13.2. The summed E-state index contributed by atoms with van der Waals surface area (Å²) in [6.07, 6.45) is 1.06. The van der Waals surface area contributed by atoms with E-state index in [0.29, 0.717) is 18.9 Å². The van der Waals surface area contributed by atoms with Gasteiger partial charge in [0.1, 0.15) is 17.2 Å². The highest BCUT2D eigenvalue weighted by molar-refractivity contribution is 5.67. The summed E-state index contributed by atoms with van der Waals surface area (Å²) in [4.78, 5) is 11.4. The molecule has 1 aromatic carbocycles. The maximum Gasteiger partial charge on any atom is 0.407 e. The third-order valence-corrected chi connectivity index (χ3v) is 2.48. The number of nitrogens with two attached hydrogens (primary N) is 1. The van der Waals surface area contributed by atoms with Gasteiger partial charge >= 0.3 is 6.09 Å². The highest BCUT2D eigenvalue weighted by atomic mass is 19.1. The summed E-state index contributed by atoms with van der Waals surface area (Å²) in [5.41, 5.74) is 4.98. The smallest absolute Gasteiger partial charge is 0.407 e. The van der Waals surface area contributed by atoms with Crippen molar-refractivity contribution in [1.29, 1.82) is 0 Å². The van der Waals surface area contributed by atoms with Crippen LogP contribution >= 0.6 is 0 Å². The van der Waals surface area contributed by atoms with Crippen LogP contribution < -0.4 is 15.8 Å². The molecule has 0 aliphatic rings. The fourth-order valence-electron chi connectivity index (χ4n) is 1.52. The number of amides is 1. The van der Waals surface area contributed by atoms with Crippen molar-refractivity contribution in [1.82, 2.24) is 5.32 Å². The van der Waals surface area contributed by atoms with Crippen LogP contribution in [-0.4, -0.2) is 24.8 Å². The van der Waals surface area contributed by atoms with E-state index in [4.69, 9.17) is 15.2 Å². The number of halogens is 1. The van der Waals surface area contributed by atoms with E-state index in [0.717, 1.165) is 12.8 Å². The number of carbonyl (C=O) groups is 1. The van der Waals surface area contributed by atoms with Gasteiger partial charge in [-0.1, -0.05) is 0 Å². The number of nitrogen functional groups attached to an aromatic ring is 1. The van der Waals surface area contributed by atoms with Gasteiger partial charge in [0, 0.05) is 12.6 Å². The van der Waals surface area contributed by atoms with Crippen molar-refractivity contribution in [2.75, 3.05) is 18.9 Å². The lowest BCUT2D eigenvalue weighted by atomic mass is 10.2. The lowest BCUT2D eigenvalue weighted by Gasteiger charge is -2.19. The Morgan fingerprint density at radius 3 is 2.67 bits per heavy atom. The Labute approximate surface area is 124 Å². The minimum Gasteiger partial charge on any atom is -0.493 e. The molecule has 0 unspecified atom stereocenters. The van der Waals surface area contributed by atoms with Gasteiger partial charge in [0.15, 0.2) is 0 Å². The number of unbranched alkanes of at least 4 members (excludes halogenated alkanes) is 1. The topological polar surface area (TPSA) is 73.6 Å². The number of hydrogen-bond acceptors (Lipinski definition) is 4. The van der Waals surface area contributed by atoms with E-state index in [1.165, 1.54) is 12.1 Å². The van der Waals surface area contributed by atoms with E-state index in [1.807, 2.05) is 20.8 Å². The Morgan fingerprint density at radius 1 is 1.33 bits per heavy atom. The summed E-state index contributed by atoms with van der Waals surface area (Å²) in [6, 6.07) is 4.35. The monoisotopic (exact) mass is 298 g/mol. The van der Waals surface area contributed by atoms with Crippen molar-refractivity contribution in [3.8, 4) is 5.75 Å². The van der Waals surface area contributed by atoms with Gasteiger partial charge in [-0.05, 0) is 45.7 Å². The number of ether oxygens (including phenoxy) is 2. The molecule has 6 heteroatoms. The van der Waals surface area contributed by atoms with Gasteiger partial charge in [-0.2, -0.15) is 0 Å². The molecule has 5 nitrogen and oxygen atoms in total. The van der Waals surface area contributed by atoms with Crippen molar-refractivity contribution in [3.63, 3.8) is 0 Å². The van der Waals surface area contributed by atoms with Crippen LogP contribution in [0.25, 0.3) is 0 Å². The highest BCUT2D eigenvalue weighted by Crippen LogP contribution is 2.18. The fraction of sp³-hybridized carbons (Fsp3) is 0.533. The van der Waals surface area contributed by atoms with E-state index in [-0.39, 0.29) is 5.69 Å². The van der Waals surface area contributed by atoms with Crippen LogP contribution in [0.5, 0.6) is 5.75 Å². The van der Waals surface area contributed by atoms with Gasteiger partial charge in [0.05, 0.1) is 12.3 Å². The van der Waals surface area contributed by atoms with Gasteiger partial charge < -0.3 is 20.5 Å². The van der Waals surface area contributed by atoms with Crippen LogP contribution in [-0.2, 0) is 4.74 Å². The average Bonchev–Trinajstić information content (AvgIpc) is 2.35. The predicted molar refractivity (Wildman–Crippen MR) is 79.8 cm³/mol. The second-order valence-electron chi connectivity index (χ2n) is 5.67. The van der Waals surface area contributed by atoms with Crippen molar-refractivity contribution < 1.29 is 18.7 Å². The van der Waals surface area contributed by atoms with E-state index in [1.54, 1.807) is 6.07 Å². The normalized spacial score (nSPS) is 11.0. The van der Waals surface area contributed by atoms with Crippen LogP contribution in [0.1, 0.15) is 33.6 Å². The second kappa shape index (κ2) is 7.71. The zero-order valence-electron chi connectivity index (χ0n) is 12.7. The standard InChI is InChI=1S/C15H23FN2O3/c1-15(2,3)21-14(19)18-8-4-5-9-20-11-6-7-13(17)12(16)10-11/h6-7,10H,4-5,8-9,17H2,1-3H3,(H,18,19). The first-order chi connectivity index (χ1) is 9.78. The summed E-state index contributed by atoms with van der Waals surface area (Å²) in [7, 11) is 0. The van der Waals surface area contributed by atoms with E-state index >= 15 is 0 Å². The van der Waals surface area contributed by atoms with Gasteiger partial charge in [-0.15, -0.1) is 0 Å². The molecule has 0 heterocycles. The Morgan fingerprint density at radius 2 is 2.05 bits per heavy atom. The third-order valence-electron chi connectivity index (χ3n) is 2.48. The van der Waals surface area contributed by atoms with Crippen molar-refractivity contribution in [3.05, 3.63) is 24.0 Å². The number of nitrogens with one attached hydrogen (secondary N) is 1. The summed E-state index contributed by atoms with van der Waals surface area (Å²) < 4.78 is 23.7. The molecular weight excluding hydrogens is 275 g/mol. The summed E-state index contributed by atoms with van der Waals surface area (Å²) in [5, 5.41) is 2.66. The lowest BCUT2D eigenvalue weighted by molar-refractivity contribution is 0.0526. The average molecular weight is 298 g/mol. The molecule has 0 saturated heterocycles. The molecule has 1 rings (SSSR count). The molecule has 1 aromatic rings. The Kier molecular flexibility index (Phi) is 6.27. The molecule has 0 aromatic heterocycles. The Hall–Kier alpha value is -1.98. The number of rotatable bonds is 6. The van der Waals surface area contributed by atoms with Crippen LogP contribution in [0, 0.1) is 5.82 Å². The minimum absolute atomic E-state index is 0.101. The first-order valence-corrected chi connectivity index (χ1v) is 6.92. The first kappa shape index (κ1) is 17.1. The lowest BCUT2D eigenvalue weighted by Crippen LogP contribution is -2.33. The molecule has 0 aliphatic carbocycles. The predicted octanol–water partition coefficient (Wildman–Crippen LogP) is 3.09. The van der Waals surface area contributed by atoms with Crippen LogP contribution in [0.3, 0.4) is 0 Å². The van der Waals surface area contributed by atoms with Crippen LogP contribution in [0.2, 0.25) is 0 Å². The van der Waals surface area contributed by atoms with Crippen LogP contribution in [0.15, 0.2) is 18.2 Å². The van der Waals surface area contributed by atoms with Gasteiger partial charge in [-0.25, -0.2) is 9.18 Å². The van der Waals surface area contributed by atoms with Gasteiger partial charge in [0.25, 0.3) is 0 Å². The Bertz CT molecular complexity index is 472.